The van der Waals surface area contributed by atoms with Crippen molar-refractivity contribution in [2.75, 3.05) is 17.7 Å². The van der Waals surface area contributed by atoms with Crippen molar-refractivity contribution in [3.63, 3.8) is 0 Å². The van der Waals surface area contributed by atoms with E-state index in [1.807, 2.05) is 0 Å². The van der Waals surface area contributed by atoms with E-state index in [9.17, 15) is 9.59 Å². The highest BCUT2D eigenvalue weighted by Gasteiger charge is 2.15. The van der Waals surface area contributed by atoms with E-state index in [0.717, 1.165) is 0 Å². The summed E-state index contributed by atoms with van der Waals surface area (Å²) >= 11 is 6.08. The van der Waals surface area contributed by atoms with Crippen molar-refractivity contribution >= 4 is 40.8 Å². The summed E-state index contributed by atoms with van der Waals surface area (Å²) in [5.74, 6) is -0.740. The number of carbonyl (C=O) groups excluding carboxylic acids is 2. The van der Waals surface area contributed by atoms with Gasteiger partial charge in [0.15, 0.2) is 0 Å². The van der Waals surface area contributed by atoms with Gasteiger partial charge >= 0.3 is 5.97 Å². The van der Waals surface area contributed by atoms with Crippen LogP contribution in [0.15, 0.2) is 54.6 Å². The fourth-order valence-corrected chi connectivity index (χ4v) is 2.67. The Morgan fingerprint density at radius 2 is 1.68 bits per heavy atom. The molecule has 0 atom stereocenters. The summed E-state index contributed by atoms with van der Waals surface area (Å²) in [6.07, 6.45) is 0. The zero-order valence-electron chi connectivity index (χ0n) is 15.2. The van der Waals surface area contributed by atoms with Gasteiger partial charge in [0.1, 0.15) is 5.69 Å². The Balaban J connectivity index is 1.87. The van der Waals surface area contributed by atoms with E-state index in [1.54, 1.807) is 61.5 Å². The molecule has 0 aliphatic carbocycles. The number of ether oxygens (including phenoxy) is 1. The SMILES string of the molecule is COC(=O)c1ccccc1Nc1nc(C)cc(C(=O)Nc2ccccc2Cl)n1. The highest BCUT2D eigenvalue weighted by Crippen LogP contribution is 2.22. The summed E-state index contributed by atoms with van der Waals surface area (Å²) in [7, 11) is 1.30. The van der Waals surface area contributed by atoms with Gasteiger partial charge in [0, 0.05) is 5.69 Å². The Kier molecular flexibility index (Phi) is 5.86. The monoisotopic (exact) mass is 396 g/mol. The van der Waals surface area contributed by atoms with Gasteiger partial charge in [0.05, 0.1) is 29.1 Å². The molecule has 0 aliphatic rings. The second-order valence-corrected chi connectivity index (χ2v) is 6.22. The molecule has 0 saturated heterocycles. The van der Waals surface area contributed by atoms with Gasteiger partial charge in [-0.15, -0.1) is 0 Å². The van der Waals surface area contributed by atoms with Crippen LogP contribution in [0.5, 0.6) is 0 Å². The Bertz CT molecular complexity index is 1040. The van der Waals surface area contributed by atoms with E-state index >= 15 is 0 Å². The Morgan fingerprint density at radius 1 is 1.00 bits per heavy atom. The highest BCUT2D eigenvalue weighted by atomic mass is 35.5. The number of nitrogens with zero attached hydrogens (tertiary/aromatic N) is 2. The van der Waals surface area contributed by atoms with Crippen LogP contribution < -0.4 is 10.6 Å². The van der Waals surface area contributed by atoms with E-state index in [-0.39, 0.29) is 11.6 Å². The number of rotatable bonds is 5. The van der Waals surface area contributed by atoms with Crippen LogP contribution in [0.25, 0.3) is 0 Å². The average Bonchev–Trinajstić information content (AvgIpc) is 2.69. The maximum absolute atomic E-state index is 12.6. The van der Waals surface area contributed by atoms with Gasteiger partial charge in [-0.3, -0.25) is 4.79 Å². The van der Waals surface area contributed by atoms with Crippen molar-refractivity contribution in [3.8, 4) is 0 Å². The normalized spacial score (nSPS) is 10.2. The van der Waals surface area contributed by atoms with Crippen LogP contribution in [0.4, 0.5) is 17.3 Å². The van der Waals surface area contributed by atoms with Crippen LogP contribution in [0.3, 0.4) is 0 Å². The maximum Gasteiger partial charge on any atom is 0.339 e. The number of amides is 1. The first-order valence-corrected chi connectivity index (χ1v) is 8.71. The minimum Gasteiger partial charge on any atom is -0.465 e. The number of hydrogen-bond donors (Lipinski definition) is 2. The number of benzene rings is 2. The Labute approximate surface area is 166 Å². The van der Waals surface area contributed by atoms with Gasteiger partial charge in [-0.05, 0) is 37.3 Å². The van der Waals surface area contributed by atoms with Crippen molar-refractivity contribution in [2.24, 2.45) is 0 Å². The zero-order chi connectivity index (χ0) is 20.1. The quantitative estimate of drug-likeness (QED) is 0.627. The van der Waals surface area contributed by atoms with Crippen LogP contribution in [-0.2, 0) is 4.74 Å². The molecule has 3 aromatic rings. The zero-order valence-corrected chi connectivity index (χ0v) is 15.9. The topological polar surface area (TPSA) is 93.2 Å². The predicted molar refractivity (Wildman–Crippen MR) is 107 cm³/mol. The molecule has 1 aromatic heterocycles. The standard InChI is InChI=1S/C20H17ClN4O3/c1-12-11-17(18(26)23-16-10-6-4-8-14(16)21)25-20(22-12)24-15-9-5-3-7-13(15)19(27)28-2/h3-11H,1-2H3,(H,23,26)(H,22,24,25). The van der Waals surface area contributed by atoms with Gasteiger partial charge in [0.2, 0.25) is 5.95 Å². The first kappa shape index (κ1) is 19.3. The van der Waals surface area contributed by atoms with E-state index in [4.69, 9.17) is 16.3 Å². The fourth-order valence-electron chi connectivity index (χ4n) is 2.49. The van der Waals surface area contributed by atoms with E-state index in [1.165, 1.54) is 7.11 Å². The number of nitrogens with one attached hydrogen (secondary N) is 2. The summed E-state index contributed by atoms with van der Waals surface area (Å²) in [5, 5.41) is 6.11. The lowest BCUT2D eigenvalue weighted by Crippen LogP contribution is -2.16. The Morgan fingerprint density at radius 3 is 2.39 bits per heavy atom. The minimum absolute atomic E-state index is 0.158. The molecule has 0 spiro atoms. The van der Waals surface area contributed by atoms with Gasteiger partial charge in [-0.2, -0.15) is 0 Å². The smallest absolute Gasteiger partial charge is 0.339 e. The molecule has 2 aromatic carbocycles. The molecule has 0 fully saturated rings. The first-order chi connectivity index (χ1) is 13.5. The number of anilines is 3. The number of methoxy groups -OCH3 is 1. The molecule has 7 nitrogen and oxygen atoms in total. The molecule has 8 heteroatoms. The second-order valence-electron chi connectivity index (χ2n) is 5.81. The van der Waals surface area contributed by atoms with Crippen LogP contribution in [0.2, 0.25) is 5.02 Å². The molecule has 2 N–H and O–H groups in total. The molecule has 1 heterocycles. The largest absolute Gasteiger partial charge is 0.465 e. The summed E-state index contributed by atoms with van der Waals surface area (Å²) in [4.78, 5) is 33.0. The molecular weight excluding hydrogens is 380 g/mol. The number of halogens is 1. The molecular formula is C20H17ClN4O3. The van der Waals surface area contributed by atoms with Crippen molar-refractivity contribution in [3.05, 3.63) is 76.6 Å². The number of para-hydroxylation sites is 2. The van der Waals surface area contributed by atoms with E-state index in [0.29, 0.717) is 27.7 Å². The lowest BCUT2D eigenvalue weighted by Gasteiger charge is -2.11. The molecule has 1 amide bonds. The molecule has 28 heavy (non-hydrogen) atoms. The van der Waals surface area contributed by atoms with Gasteiger partial charge in [-0.1, -0.05) is 35.9 Å². The summed E-state index contributed by atoms with van der Waals surface area (Å²) in [5.41, 5.74) is 2.02. The maximum atomic E-state index is 12.6. The average molecular weight is 397 g/mol. The first-order valence-electron chi connectivity index (χ1n) is 8.34. The molecule has 3 rings (SSSR count). The number of carbonyl (C=O) groups is 2. The van der Waals surface area contributed by atoms with Crippen LogP contribution >= 0.6 is 11.6 Å². The fraction of sp³-hybridized carbons (Fsp3) is 0.100. The third kappa shape index (κ3) is 4.44. The van der Waals surface area contributed by atoms with Crippen molar-refractivity contribution < 1.29 is 14.3 Å². The van der Waals surface area contributed by atoms with Crippen molar-refractivity contribution in [1.82, 2.24) is 9.97 Å². The van der Waals surface area contributed by atoms with Gasteiger partial charge < -0.3 is 15.4 Å². The molecule has 0 radical (unpaired) electrons. The molecule has 0 unspecified atom stereocenters. The van der Waals surface area contributed by atoms with Crippen molar-refractivity contribution in [1.29, 1.82) is 0 Å². The van der Waals surface area contributed by atoms with Crippen molar-refractivity contribution in [2.45, 2.75) is 6.92 Å². The number of esters is 1. The van der Waals surface area contributed by atoms with Crippen LogP contribution in [0, 0.1) is 6.92 Å². The van der Waals surface area contributed by atoms with E-state index < -0.39 is 11.9 Å². The minimum atomic E-state index is -0.493. The third-order valence-electron chi connectivity index (χ3n) is 3.79. The van der Waals surface area contributed by atoms with E-state index in [2.05, 4.69) is 20.6 Å². The lowest BCUT2D eigenvalue weighted by atomic mass is 10.2. The molecule has 142 valence electrons. The van der Waals surface area contributed by atoms with Gasteiger partial charge in [0.25, 0.3) is 5.91 Å². The summed E-state index contributed by atoms with van der Waals surface area (Å²) in [6.45, 7) is 1.74. The van der Waals surface area contributed by atoms with Crippen LogP contribution in [-0.4, -0.2) is 29.0 Å². The predicted octanol–water partition coefficient (Wildman–Crippen LogP) is 4.22. The Hall–Kier alpha value is -3.45. The number of hydrogen-bond acceptors (Lipinski definition) is 6. The van der Waals surface area contributed by atoms with Gasteiger partial charge in [-0.25, -0.2) is 14.8 Å². The highest BCUT2D eigenvalue weighted by molar-refractivity contribution is 6.33. The third-order valence-corrected chi connectivity index (χ3v) is 4.12. The molecule has 0 saturated carbocycles. The number of aryl methyl sites for hydroxylation is 1. The number of aromatic nitrogens is 2. The molecule has 0 aliphatic heterocycles. The molecule has 0 bridgehead atoms. The summed E-state index contributed by atoms with van der Waals surface area (Å²) < 4.78 is 4.78. The van der Waals surface area contributed by atoms with Crippen LogP contribution in [0.1, 0.15) is 26.5 Å². The lowest BCUT2D eigenvalue weighted by molar-refractivity contribution is 0.0601. The summed E-state index contributed by atoms with van der Waals surface area (Å²) in [6, 6.07) is 15.3. The second kappa shape index (κ2) is 8.49.